The molecule has 2 aromatic heterocycles. The summed E-state index contributed by atoms with van der Waals surface area (Å²) >= 11 is 1.56. The number of ketones is 1. The number of carbonyl (C=O) groups excluding carboxylic acids is 1. The topological polar surface area (TPSA) is 34.9 Å². The Bertz CT molecular complexity index is 554. The van der Waals surface area contributed by atoms with Gasteiger partial charge in [0.25, 0.3) is 0 Å². The normalized spacial score (nSPS) is 10.8. The Hall–Kier alpha value is -1.42. The molecule has 0 atom stereocenters. The molecule has 0 aliphatic heterocycles. The van der Waals surface area contributed by atoms with Crippen LogP contribution in [-0.2, 0) is 19.4 Å². The van der Waals surface area contributed by atoms with Crippen LogP contribution in [0.1, 0.15) is 39.8 Å². The Kier molecular flexibility index (Phi) is 3.97. The zero-order valence-corrected chi connectivity index (χ0v) is 11.9. The zero-order chi connectivity index (χ0) is 13.1. The summed E-state index contributed by atoms with van der Waals surface area (Å²) < 4.78 is 1.93. The SMILES string of the molecule is CCc1cc(CC(=O)c2ccc(C)s2)n(CC)n1. The van der Waals surface area contributed by atoms with Gasteiger partial charge in [-0.2, -0.15) is 5.10 Å². The van der Waals surface area contributed by atoms with Gasteiger partial charge in [0, 0.05) is 17.1 Å². The standard InChI is InChI=1S/C14H18N2OS/c1-4-11-8-12(16(5-2)15-11)9-13(17)14-7-6-10(3)18-14/h6-8H,4-5,9H2,1-3H3. The molecule has 0 radical (unpaired) electrons. The van der Waals surface area contributed by atoms with Gasteiger partial charge < -0.3 is 0 Å². The summed E-state index contributed by atoms with van der Waals surface area (Å²) in [5.74, 6) is 0.186. The van der Waals surface area contributed by atoms with E-state index in [0.29, 0.717) is 6.42 Å². The van der Waals surface area contributed by atoms with Crippen molar-refractivity contribution in [3.63, 3.8) is 0 Å². The highest BCUT2D eigenvalue weighted by atomic mass is 32.1. The molecule has 0 saturated carbocycles. The molecule has 0 unspecified atom stereocenters. The van der Waals surface area contributed by atoms with Crippen molar-refractivity contribution in [3.05, 3.63) is 39.3 Å². The van der Waals surface area contributed by atoms with Crippen molar-refractivity contribution in [3.8, 4) is 0 Å². The fourth-order valence-corrected chi connectivity index (χ4v) is 2.74. The number of Topliss-reactive ketones (excluding diaryl/α,β-unsaturated/α-hetero) is 1. The number of carbonyl (C=O) groups is 1. The fourth-order valence-electron chi connectivity index (χ4n) is 1.94. The lowest BCUT2D eigenvalue weighted by Crippen LogP contribution is -2.08. The second-order valence-corrected chi connectivity index (χ2v) is 5.59. The maximum absolute atomic E-state index is 12.2. The van der Waals surface area contributed by atoms with Crippen LogP contribution >= 0.6 is 11.3 Å². The Labute approximate surface area is 111 Å². The Morgan fingerprint density at radius 3 is 2.72 bits per heavy atom. The molecule has 0 aliphatic rings. The van der Waals surface area contributed by atoms with E-state index < -0.39 is 0 Å². The Morgan fingerprint density at radius 1 is 1.39 bits per heavy atom. The maximum atomic E-state index is 12.2. The lowest BCUT2D eigenvalue weighted by Gasteiger charge is -2.02. The fraction of sp³-hybridized carbons (Fsp3) is 0.429. The second kappa shape index (κ2) is 5.48. The van der Waals surface area contributed by atoms with Gasteiger partial charge in [-0.25, -0.2) is 0 Å². The van der Waals surface area contributed by atoms with E-state index in [-0.39, 0.29) is 5.78 Å². The molecule has 0 bridgehead atoms. The van der Waals surface area contributed by atoms with Crippen LogP contribution in [0.2, 0.25) is 0 Å². The Morgan fingerprint density at radius 2 is 2.17 bits per heavy atom. The van der Waals surface area contributed by atoms with Gasteiger partial charge >= 0.3 is 0 Å². The van der Waals surface area contributed by atoms with Gasteiger partial charge in [-0.15, -0.1) is 11.3 Å². The quantitative estimate of drug-likeness (QED) is 0.775. The third kappa shape index (κ3) is 2.70. The predicted octanol–water partition coefficient (Wildman–Crippen LogP) is 3.26. The molecule has 0 N–H and O–H groups in total. The van der Waals surface area contributed by atoms with Crippen LogP contribution in [0.4, 0.5) is 0 Å². The molecule has 2 rings (SSSR count). The monoisotopic (exact) mass is 262 g/mol. The van der Waals surface area contributed by atoms with Gasteiger partial charge in [-0.3, -0.25) is 9.48 Å². The van der Waals surface area contributed by atoms with Gasteiger partial charge in [0.1, 0.15) is 0 Å². The minimum atomic E-state index is 0.186. The van der Waals surface area contributed by atoms with Crippen LogP contribution in [0.3, 0.4) is 0 Å². The highest BCUT2D eigenvalue weighted by Crippen LogP contribution is 2.18. The average Bonchev–Trinajstić information content (AvgIpc) is 2.95. The van der Waals surface area contributed by atoms with E-state index in [1.807, 2.05) is 29.8 Å². The molecule has 0 spiro atoms. The molecule has 2 heterocycles. The summed E-state index contributed by atoms with van der Waals surface area (Å²) in [4.78, 5) is 14.2. The van der Waals surface area contributed by atoms with Crippen molar-refractivity contribution >= 4 is 17.1 Å². The average molecular weight is 262 g/mol. The number of aryl methyl sites for hydroxylation is 3. The number of hydrogen-bond acceptors (Lipinski definition) is 3. The molecule has 96 valence electrons. The molecular formula is C14H18N2OS. The lowest BCUT2D eigenvalue weighted by molar-refractivity contribution is 0.0994. The first-order valence-electron chi connectivity index (χ1n) is 6.29. The highest BCUT2D eigenvalue weighted by Gasteiger charge is 2.13. The van der Waals surface area contributed by atoms with E-state index >= 15 is 0 Å². The molecule has 3 nitrogen and oxygen atoms in total. The van der Waals surface area contributed by atoms with Gasteiger partial charge in [-0.1, -0.05) is 6.92 Å². The summed E-state index contributed by atoms with van der Waals surface area (Å²) in [6, 6.07) is 5.95. The third-order valence-corrected chi connectivity index (χ3v) is 3.97. The Balaban J connectivity index is 2.18. The van der Waals surface area contributed by atoms with Crippen LogP contribution < -0.4 is 0 Å². The van der Waals surface area contributed by atoms with Crippen LogP contribution in [0.5, 0.6) is 0 Å². The number of thiophene rings is 1. The van der Waals surface area contributed by atoms with Gasteiger partial charge in [0.15, 0.2) is 5.78 Å². The van der Waals surface area contributed by atoms with E-state index in [4.69, 9.17) is 0 Å². The first-order chi connectivity index (χ1) is 8.63. The number of hydrogen-bond donors (Lipinski definition) is 0. The highest BCUT2D eigenvalue weighted by molar-refractivity contribution is 7.14. The largest absolute Gasteiger partial charge is 0.293 e. The first-order valence-corrected chi connectivity index (χ1v) is 7.11. The van der Waals surface area contributed by atoms with E-state index in [0.717, 1.165) is 29.2 Å². The van der Waals surface area contributed by atoms with Crippen molar-refractivity contribution in [2.45, 2.75) is 40.2 Å². The first kappa shape index (κ1) is 13.0. The van der Waals surface area contributed by atoms with Gasteiger partial charge in [0.2, 0.25) is 0 Å². The summed E-state index contributed by atoms with van der Waals surface area (Å²) in [5.41, 5.74) is 2.08. The molecule has 0 amide bonds. The smallest absolute Gasteiger partial charge is 0.178 e. The van der Waals surface area contributed by atoms with Crippen LogP contribution in [0, 0.1) is 6.92 Å². The second-order valence-electron chi connectivity index (χ2n) is 4.31. The number of aromatic nitrogens is 2. The van der Waals surface area contributed by atoms with Crippen LogP contribution in [0.25, 0.3) is 0 Å². The number of rotatable bonds is 5. The lowest BCUT2D eigenvalue weighted by atomic mass is 10.1. The molecule has 4 heteroatoms. The number of nitrogens with zero attached hydrogens (tertiary/aromatic N) is 2. The van der Waals surface area contributed by atoms with Crippen molar-refractivity contribution < 1.29 is 4.79 Å². The zero-order valence-electron chi connectivity index (χ0n) is 11.1. The summed E-state index contributed by atoms with van der Waals surface area (Å²) in [5, 5.41) is 4.47. The molecule has 0 saturated heterocycles. The molecule has 0 fully saturated rings. The molecule has 0 aliphatic carbocycles. The van der Waals surface area contributed by atoms with Gasteiger partial charge in [-0.05, 0) is 38.5 Å². The van der Waals surface area contributed by atoms with Crippen molar-refractivity contribution in [2.75, 3.05) is 0 Å². The minimum Gasteiger partial charge on any atom is -0.293 e. The summed E-state index contributed by atoms with van der Waals surface area (Å²) in [6.07, 6.45) is 1.35. The minimum absolute atomic E-state index is 0.186. The van der Waals surface area contributed by atoms with Crippen molar-refractivity contribution in [1.29, 1.82) is 0 Å². The summed E-state index contributed by atoms with van der Waals surface area (Å²) in [7, 11) is 0. The van der Waals surface area contributed by atoms with E-state index in [2.05, 4.69) is 18.9 Å². The predicted molar refractivity (Wildman–Crippen MR) is 74.4 cm³/mol. The van der Waals surface area contributed by atoms with E-state index in [1.165, 1.54) is 4.88 Å². The van der Waals surface area contributed by atoms with E-state index in [9.17, 15) is 4.79 Å². The molecule has 2 aromatic rings. The third-order valence-electron chi connectivity index (χ3n) is 2.93. The van der Waals surface area contributed by atoms with Gasteiger partial charge in [0.05, 0.1) is 17.0 Å². The van der Waals surface area contributed by atoms with Crippen LogP contribution in [0.15, 0.2) is 18.2 Å². The summed E-state index contributed by atoms with van der Waals surface area (Å²) in [6.45, 7) is 6.96. The van der Waals surface area contributed by atoms with E-state index in [1.54, 1.807) is 11.3 Å². The van der Waals surface area contributed by atoms with Crippen molar-refractivity contribution in [2.24, 2.45) is 0 Å². The van der Waals surface area contributed by atoms with Crippen molar-refractivity contribution in [1.82, 2.24) is 9.78 Å². The van der Waals surface area contributed by atoms with Crippen LogP contribution in [-0.4, -0.2) is 15.6 Å². The molecular weight excluding hydrogens is 244 g/mol. The maximum Gasteiger partial charge on any atom is 0.178 e. The molecule has 0 aromatic carbocycles. The molecule has 18 heavy (non-hydrogen) atoms.